The van der Waals surface area contributed by atoms with Gasteiger partial charge in [0.15, 0.2) is 5.16 Å². The number of anilines is 2. The number of hydrogen-bond acceptors (Lipinski definition) is 8. The molecule has 2 aliphatic rings. The first kappa shape index (κ1) is 20.7. The van der Waals surface area contributed by atoms with Crippen molar-refractivity contribution in [3.8, 4) is 0 Å². The Bertz CT molecular complexity index is 1120. The molecule has 1 N–H and O–H groups in total. The topological polar surface area (TPSA) is 69.5 Å². The smallest absolute Gasteiger partial charge is 0.234 e. The van der Waals surface area contributed by atoms with Gasteiger partial charge in [0.05, 0.1) is 6.54 Å². The Morgan fingerprint density at radius 2 is 1.56 bits per heavy atom. The van der Waals surface area contributed by atoms with Crippen LogP contribution in [0.1, 0.15) is 5.56 Å². The second-order valence-electron chi connectivity index (χ2n) is 7.81. The number of rotatable bonds is 5. The third-order valence-electron chi connectivity index (χ3n) is 5.46. The van der Waals surface area contributed by atoms with E-state index in [2.05, 4.69) is 62.5 Å². The number of piperazine rings is 1. The van der Waals surface area contributed by atoms with Crippen molar-refractivity contribution in [1.29, 1.82) is 0 Å². The summed E-state index contributed by atoms with van der Waals surface area (Å²) in [6.45, 7) is 4.42. The molecular formula is C24H25N7S. The van der Waals surface area contributed by atoms with Gasteiger partial charge < -0.3 is 15.1 Å². The number of hydrogen-bond donors (Lipinski definition) is 1. The van der Waals surface area contributed by atoms with Gasteiger partial charge in [0, 0.05) is 31.1 Å². The van der Waals surface area contributed by atoms with Crippen LogP contribution in [-0.4, -0.2) is 65.5 Å². The van der Waals surface area contributed by atoms with Crippen molar-refractivity contribution in [1.82, 2.24) is 19.9 Å². The minimum atomic E-state index is 0.525. The Morgan fingerprint density at radius 3 is 2.31 bits per heavy atom. The van der Waals surface area contributed by atoms with Gasteiger partial charge >= 0.3 is 0 Å². The molecule has 162 valence electrons. The highest BCUT2D eigenvalue weighted by Gasteiger charge is 2.20. The molecule has 0 atom stereocenters. The Balaban J connectivity index is 1.40. The zero-order valence-corrected chi connectivity index (χ0v) is 18.8. The number of nitrogens with zero attached hydrogens (tertiary/aromatic N) is 6. The molecule has 1 aromatic heterocycles. The highest BCUT2D eigenvalue weighted by atomic mass is 32.2. The van der Waals surface area contributed by atoms with Crippen molar-refractivity contribution < 1.29 is 0 Å². The van der Waals surface area contributed by atoms with Crippen LogP contribution in [0.15, 0.2) is 81.8 Å². The number of nitrogens with one attached hydrogen (secondary N) is 1. The summed E-state index contributed by atoms with van der Waals surface area (Å²) in [5.74, 6) is 2.01. The monoisotopic (exact) mass is 443 g/mol. The summed E-state index contributed by atoms with van der Waals surface area (Å²) in [4.78, 5) is 24.5. The summed E-state index contributed by atoms with van der Waals surface area (Å²) in [7, 11) is 2.14. The average Bonchev–Trinajstić information content (AvgIpc) is 3.29. The van der Waals surface area contributed by atoms with Crippen LogP contribution in [0, 0.1) is 0 Å². The molecule has 0 saturated carbocycles. The van der Waals surface area contributed by atoms with Gasteiger partial charge in [-0.3, -0.25) is 4.99 Å². The SMILES string of the molecule is CN1CCN(c2nc(NC3=NCC(c4ccccc4)=C3)nc(Sc3ccccc3)n2)CC1. The fraction of sp³-hybridized carbons (Fsp3) is 0.250. The maximum atomic E-state index is 4.77. The van der Waals surface area contributed by atoms with E-state index in [0.29, 0.717) is 23.6 Å². The van der Waals surface area contributed by atoms with E-state index >= 15 is 0 Å². The normalized spacial score (nSPS) is 16.6. The second-order valence-corrected chi connectivity index (χ2v) is 8.85. The van der Waals surface area contributed by atoms with Gasteiger partial charge in [-0.1, -0.05) is 48.5 Å². The van der Waals surface area contributed by atoms with E-state index in [9.17, 15) is 0 Å². The average molecular weight is 444 g/mol. The van der Waals surface area contributed by atoms with E-state index in [1.165, 1.54) is 11.1 Å². The van der Waals surface area contributed by atoms with Crippen molar-refractivity contribution in [3.05, 3.63) is 72.3 Å². The number of aliphatic imine (C=N–C) groups is 1. The number of benzene rings is 2. The minimum Gasteiger partial charge on any atom is -0.338 e. The molecule has 0 aliphatic carbocycles. The summed E-state index contributed by atoms with van der Waals surface area (Å²) in [5.41, 5.74) is 2.36. The van der Waals surface area contributed by atoms with Gasteiger partial charge in [-0.15, -0.1) is 0 Å². The molecule has 1 saturated heterocycles. The van der Waals surface area contributed by atoms with Crippen LogP contribution < -0.4 is 10.2 Å². The maximum Gasteiger partial charge on any atom is 0.234 e. The van der Waals surface area contributed by atoms with Crippen LogP contribution in [0.3, 0.4) is 0 Å². The van der Waals surface area contributed by atoms with E-state index in [1.807, 2.05) is 36.4 Å². The molecule has 0 bridgehead atoms. The van der Waals surface area contributed by atoms with Gasteiger partial charge in [0.2, 0.25) is 11.9 Å². The van der Waals surface area contributed by atoms with Crippen LogP contribution >= 0.6 is 11.8 Å². The lowest BCUT2D eigenvalue weighted by atomic mass is 10.1. The highest BCUT2D eigenvalue weighted by molar-refractivity contribution is 7.99. The Morgan fingerprint density at radius 1 is 0.844 bits per heavy atom. The Hall–Kier alpha value is -3.23. The fourth-order valence-electron chi connectivity index (χ4n) is 3.63. The Labute approximate surface area is 192 Å². The molecule has 1 fully saturated rings. The largest absolute Gasteiger partial charge is 0.338 e. The second kappa shape index (κ2) is 9.50. The first-order valence-electron chi connectivity index (χ1n) is 10.7. The fourth-order valence-corrected chi connectivity index (χ4v) is 4.40. The summed E-state index contributed by atoms with van der Waals surface area (Å²) in [5, 5.41) is 3.99. The van der Waals surface area contributed by atoms with Crippen molar-refractivity contribution in [3.63, 3.8) is 0 Å². The number of likely N-dealkylation sites (N-methyl/N-ethyl adjacent to an activating group) is 1. The van der Waals surface area contributed by atoms with Gasteiger partial charge in [-0.05, 0) is 48.2 Å². The standard InChI is InChI=1S/C24H25N7S/c1-30-12-14-31(15-13-30)23-27-22(28-24(29-23)32-20-10-6-3-7-11-20)26-21-16-19(17-25-21)18-8-4-2-5-9-18/h2-11,16H,12-15,17H2,1H3,(H,25,26,27,28,29). The van der Waals surface area contributed by atoms with Gasteiger partial charge in [-0.2, -0.15) is 15.0 Å². The molecule has 3 heterocycles. The molecule has 8 heteroatoms. The van der Waals surface area contributed by atoms with Crippen LogP contribution in [-0.2, 0) is 0 Å². The van der Waals surface area contributed by atoms with Crippen molar-refractivity contribution in [2.75, 3.05) is 50.0 Å². The summed E-state index contributed by atoms with van der Waals surface area (Å²) < 4.78 is 0. The summed E-state index contributed by atoms with van der Waals surface area (Å²) in [6, 6.07) is 20.5. The van der Waals surface area contributed by atoms with Crippen LogP contribution in [0.2, 0.25) is 0 Å². The first-order valence-corrected chi connectivity index (χ1v) is 11.5. The molecule has 0 spiro atoms. The lowest BCUT2D eigenvalue weighted by molar-refractivity contribution is 0.311. The van der Waals surface area contributed by atoms with E-state index in [4.69, 9.17) is 9.97 Å². The third kappa shape index (κ3) is 4.98. The maximum absolute atomic E-state index is 4.77. The van der Waals surface area contributed by atoms with Crippen LogP contribution in [0.4, 0.5) is 11.9 Å². The minimum absolute atomic E-state index is 0.525. The molecule has 0 radical (unpaired) electrons. The zero-order chi connectivity index (χ0) is 21.8. The van der Waals surface area contributed by atoms with E-state index in [-0.39, 0.29) is 0 Å². The molecule has 2 aromatic carbocycles. The molecule has 0 amide bonds. The number of aromatic nitrogens is 3. The van der Waals surface area contributed by atoms with E-state index < -0.39 is 0 Å². The van der Waals surface area contributed by atoms with Gasteiger partial charge in [0.1, 0.15) is 5.84 Å². The zero-order valence-electron chi connectivity index (χ0n) is 18.0. The molecule has 3 aromatic rings. The van der Waals surface area contributed by atoms with Gasteiger partial charge in [0.25, 0.3) is 0 Å². The highest BCUT2D eigenvalue weighted by Crippen LogP contribution is 2.27. The predicted octanol–water partition coefficient (Wildman–Crippen LogP) is 3.68. The van der Waals surface area contributed by atoms with E-state index in [1.54, 1.807) is 11.8 Å². The first-order chi connectivity index (χ1) is 15.7. The number of amidine groups is 1. The molecule has 2 aliphatic heterocycles. The summed E-state index contributed by atoms with van der Waals surface area (Å²) in [6.07, 6.45) is 2.07. The summed E-state index contributed by atoms with van der Waals surface area (Å²) >= 11 is 1.54. The molecule has 0 unspecified atom stereocenters. The van der Waals surface area contributed by atoms with Crippen molar-refractivity contribution in [2.45, 2.75) is 10.1 Å². The van der Waals surface area contributed by atoms with Gasteiger partial charge in [-0.25, -0.2) is 0 Å². The lowest BCUT2D eigenvalue weighted by Gasteiger charge is -2.32. The van der Waals surface area contributed by atoms with Crippen molar-refractivity contribution in [2.24, 2.45) is 4.99 Å². The lowest BCUT2D eigenvalue weighted by Crippen LogP contribution is -2.45. The Kier molecular flexibility index (Phi) is 6.13. The molecule has 7 nitrogen and oxygen atoms in total. The van der Waals surface area contributed by atoms with Crippen LogP contribution in [0.25, 0.3) is 5.57 Å². The quantitative estimate of drug-likeness (QED) is 0.645. The van der Waals surface area contributed by atoms with Crippen molar-refractivity contribution >= 4 is 35.1 Å². The van der Waals surface area contributed by atoms with E-state index in [0.717, 1.165) is 36.9 Å². The predicted molar refractivity (Wildman–Crippen MR) is 130 cm³/mol. The molecule has 5 rings (SSSR count). The molecular weight excluding hydrogens is 418 g/mol. The van der Waals surface area contributed by atoms with Crippen LogP contribution in [0.5, 0.6) is 0 Å². The third-order valence-corrected chi connectivity index (χ3v) is 6.33. The molecule has 32 heavy (non-hydrogen) atoms.